The van der Waals surface area contributed by atoms with Gasteiger partial charge < -0.3 is 0 Å². The maximum atomic E-state index is 16.0. The van der Waals surface area contributed by atoms with Gasteiger partial charge in [0, 0.05) is 17.6 Å². The van der Waals surface area contributed by atoms with Crippen LogP contribution in [0.15, 0.2) is 73.3 Å². The topological polar surface area (TPSA) is 0 Å². The van der Waals surface area contributed by atoms with Crippen LogP contribution >= 0.6 is 0 Å². The van der Waals surface area contributed by atoms with Crippen LogP contribution in [-0.4, -0.2) is 0 Å². The summed E-state index contributed by atoms with van der Waals surface area (Å²) < 4.78 is 44.1. The van der Waals surface area contributed by atoms with Gasteiger partial charge >= 0.3 is 0 Å². The molecule has 1 aliphatic carbocycles. The summed E-state index contributed by atoms with van der Waals surface area (Å²) in [7, 11) is 0. The Morgan fingerprint density at radius 1 is 1.07 bits per heavy atom. The molecule has 1 atom stereocenters. The number of rotatable bonds is 7. The highest BCUT2D eigenvalue weighted by Crippen LogP contribution is 2.46. The van der Waals surface area contributed by atoms with Gasteiger partial charge in [-0.15, -0.1) is 6.58 Å². The van der Waals surface area contributed by atoms with Crippen LogP contribution in [0.2, 0.25) is 0 Å². The van der Waals surface area contributed by atoms with Crippen molar-refractivity contribution >= 4 is 5.57 Å². The Labute approximate surface area is 158 Å². The fraction of sp³-hybridized carbons (Fsp3) is 0.250. The summed E-state index contributed by atoms with van der Waals surface area (Å²) in [6, 6.07) is 11.4. The van der Waals surface area contributed by atoms with E-state index >= 15 is 4.39 Å². The van der Waals surface area contributed by atoms with Crippen molar-refractivity contribution in [2.75, 3.05) is 0 Å². The lowest BCUT2D eigenvalue weighted by atomic mass is 9.78. The largest absolute Gasteiger partial charge is 0.233 e. The van der Waals surface area contributed by atoms with Crippen LogP contribution in [0.1, 0.15) is 42.4 Å². The lowest BCUT2D eigenvalue weighted by molar-refractivity contribution is 0.239. The summed E-state index contributed by atoms with van der Waals surface area (Å²) in [5.74, 6) is -2.16. The number of benzene rings is 2. The normalized spacial score (nSPS) is 19.0. The van der Waals surface area contributed by atoms with Crippen molar-refractivity contribution < 1.29 is 13.2 Å². The molecule has 27 heavy (non-hydrogen) atoms. The molecule has 0 N–H and O–H groups in total. The predicted octanol–water partition coefficient (Wildman–Crippen LogP) is 7.07. The Kier molecular flexibility index (Phi) is 6.00. The number of unbranched alkanes of at least 4 members (excludes halogenated alkanes) is 2. The van der Waals surface area contributed by atoms with Gasteiger partial charge in [0.2, 0.25) is 0 Å². The van der Waals surface area contributed by atoms with Gasteiger partial charge in [0.15, 0.2) is 17.3 Å². The first-order valence-corrected chi connectivity index (χ1v) is 9.27. The Balaban J connectivity index is 1.94. The zero-order valence-electron chi connectivity index (χ0n) is 15.2. The quantitative estimate of drug-likeness (QED) is 0.362. The molecule has 0 saturated carbocycles. The van der Waals surface area contributed by atoms with Crippen molar-refractivity contribution in [3.63, 3.8) is 0 Å². The van der Waals surface area contributed by atoms with Gasteiger partial charge in [-0.25, -0.2) is 13.2 Å². The van der Waals surface area contributed by atoms with E-state index in [0.717, 1.165) is 37.3 Å². The van der Waals surface area contributed by atoms with E-state index in [1.807, 2.05) is 30.3 Å². The Morgan fingerprint density at radius 2 is 1.89 bits per heavy atom. The Bertz CT molecular complexity index is 879. The number of hydrogen-bond donors (Lipinski definition) is 0. The van der Waals surface area contributed by atoms with E-state index in [1.54, 1.807) is 18.2 Å². The smallest absolute Gasteiger partial charge is 0.167 e. The fourth-order valence-electron chi connectivity index (χ4n) is 3.54. The van der Waals surface area contributed by atoms with E-state index in [-0.39, 0.29) is 12.0 Å². The van der Waals surface area contributed by atoms with Gasteiger partial charge in [-0.3, -0.25) is 0 Å². The molecule has 2 aromatic carbocycles. The van der Waals surface area contributed by atoms with Gasteiger partial charge in [0.1, 0.15) is 0 Å². The molecule has 0 aliphatic heterocycles. The van der Waals surface area contributed by atoms with Gasteiger partial charge in [-0.05, 0) is 42.9 Å². The highest BCUT2D eigenvalue weighted by atomic mass is 19.2. The number of halogens is 3. The second-order valence-corrected chi connectivity index (χ2v) is 6.85. The highest BCUT2D eigenvalue weighted by Gasteiger charge is 2.40. The average Bonchev–Trinajstić information content (AvgIpc) is 2.68. The van der Waals surface area contributed by atoms with E-state index in [1.165, 1.54) is 12.1 Å². The Hall–Kier alpha value is -2.55. The minimum absolute atomic E-state index is 0.0250. The molecule has 3 heteroatoms. The Morgan fingerprint density at radius 3 is 2.70 bits per heavy atom. The highest BCUT2D eigenvalue weighted by molar-refractivity contribution is 5.77. The van der Waals surface area contributed by atoms with Crippen LogP contribution in [-0.2, 0) is 12.1 Å². The molecule has 0 amide bonds. The summed E-state index contributed by atoms with van der Waals surface area (Å²) in [5, 5.41) is 0. The standard InChI is InChI=1S/C24H23F3/c1-2-3-4-5-10-18-11-8-12-19(17-18)20-13-6-7-16-24(20,27)21-14-9-15-22(25)23(21)26/h2,6-9,11-15,17H,1,3-5,10,16H2. The minimum atomic E-state index is -2.09. The molecule has 2 aromatic rings. The molecule has 3 rings (SSSR count). The summed E-state index contributed by atoms with van der Waals surface area (Å²) in [4.78, 5) is 0. The van der Waals surface area contributed by atoms with Crippen LogP contribution in [0.4, 0.5) is 13.2 Å². The number of aryl methyl sites for hydroxylation is 1. The molecule has 0 bridgehead atoms. The van der Waals surface area contributed by atoms with Crippen LogP contribution in [0, 0.1) is 11.6 Å². The third-order valence-corrected chi connectivity index (χ3v) is 4.97. The van der Waals surface area contributed by atoms with Gasteiger partial charge in [-0.1, -0.05) is 60.7 Å². The first-order chi connectivity index (χ1) is 13.1. The second-order valence-electron chi connectivity index (χ2n) is 6.85. The molecule has 1 unspecified atom stereocenters. The predicted molar refractivity (Wildman–Crippen MR) is 105 cm³/mol. The number of alkyl halides is 1. The molecule has 0 nitrogen and oxygen atoms in total. The van der Waals surface area contributed by atoms with E-state index in [4.69, 9.17) is 0 Å². The third kappa shape index (κ3) is 4.08. The van der Waals surface area contributed by atoms with Crippen LogP contribution in [0.3, 0.4) is 0 Å². The summed E-state index contributed by atoms with van der Waals surface area (Å²) in [5.41, 5.74) is -0.180. The van der Waals surface area contributed by atoms with Crippen molar-refractivity contribution in [2.24, 2.45) is 0 Å². The third-order valence-electron chi connectivity index (χ3n) is 4.97. The maximum Gasteiger partial charge on any atom is 0.167 e. The van der Waals surface area contributed by atoms with E-state index in [2.05, 4.69) is 6.58 Å². The molecule has 0 fully saturated rings. The number of allylic oxidation sites excluding steroid dienone is 5. The average molecular weight is 368 g/mol. The molecule has 0 aromatic heterocycles. The molecule has 140 valence electrons. The molecular formula is C24H23F3. The molecule has 0 heterocycles. The molecule has 0 saturated heterocycles. The fourth-order valence-corrected chi connectivity index (χ4v) is 3.54. The van der Waals surface area contributed by atoms with Gasteiger partial charge in [0.25, 0.3) is 0 Å². The zero-order chi connectivity index (χ0) is 19.3. The number of hydrogen-bond acceptors (Lipinski definition) is 0. The molecule has 1 aliphatic rings. The SMILES string of the molecule is C=CCCCCc1cccc(C2=CC=CCC2(F)c2cccc(F)c2F)c1. The summed E-state index contributed by atoms with van der Waals surface area (Å²) in [6.07, 6.45) is 10.9. The van der Waals surface area contributed by atoms with E-state index in [9.17, 15) is 8.78 Å². The monoisotopic (exact) mass is 368 g/mol. The van der Waals surface area contributed by atoms with Gasteiger partial charge in [0.05, 0.1) is 0 Å². The van der Waals surface area contributed by atoms with E-state index < -0.39 is 17.3 Å². The van der Waals surface area contributed by atoms with Crippen LogP contribution in [0.5, 0.6) is 0 Å². The molecule has 0 radical (unpaired) electrons. The molecular weight excluding hydrogens is 345 g/mol. The minimum Gasteiger partial charge on any atom is -0.233 e. The van der Waals surface area contributed by atoms with Crippen LogP contribution in [0.25, 0.3) is 5.57 Å². The van der Waals surface area contributed by atoms with Gasteiger partial charge in [-0.2, -0.15) is 0 Å². The second kappa shape index (κ2) is 8.43. The van der Waals surface area contributed by atoms with Crippen molar-refractivity contribution in [3.05, 3.63) is 102 Å². The van der Waals surface area contributed by atoms with E-state index in [0.29, 0.717) is 11.1 Å². The first kappa shape index (κ1) is 19.2. The van der Waals surface area contributed by atoms with Crippen LogP contribution < -0.4 is 0 Å². The lowest BCUT2D eigenvalue weighted by Crippen LogP contribution is -2.25. The molecule has 0 spiro atoms. The van der Waals surface area contributed by atoms with Crippen molar-refractivity contribution in [1.29, 1.82) is 0 Å². The zero-order valence-corrected chi connectivity index (χ0v) is 15.2. The van der Waals surface area contributed by atoms with Crippen molar-refractivity contribution in [1.82, 2.24) is 0 Å². The van der Waals surface area contributed by atoms with Crippen molar-refractivity contribution in [3.8, 4) is 0 Å². The first-order valence-electron chi connectivity index (χ1n) is 9.27. The van der Waals surface area contributed by atoms with Crippen molar-refractivity contribution in [2.45, 2.75) is 37.8 Å². The maximum absolute atomic E-state index is 16.0. The lowest BCUT2D eigenvalue weighted by Gasteiger charge is -2.30. The summed E-state index contributed by atoms with van der Waals surface area (Å²) >= 11 is 0. The summed E-state index contributed by atoms with van der Waals surface area (Å²) in [6.45, 7) is 3.73.